The molecule has 31 heavy (non-hydrogen) atoms. The summed E-state index contributed by atoms with van der Waals surface area (Å²) in [5, 5.41) is 0. The molecular formula is C25H34N2O3S. The topological polar surface area (TPSA) is 66.3 Å². The van der Waals surface area contributed by atoms with E-state index in [0.29, 0.717) is 12.5 Å². The van der Waals surface area contributed by atoms with Crippen molar-refractivity contribution < 1.29 is 9.29 Å². The molecule has 0 spiro atoms. The van der Waals surface area contributed by atoms with Crippen LogP contribution < -0.4 is 10.3 Å². The highest BCUT2D eigenvalue weighted by molar-refractivity contribution is 7.88. The fourth-order valence-corrected chi connectivity index (χ4v) is 5.90. The van der Waals surface area contributed by atoms with Crippen molar-refractivity contribution in [2.45, 2.75) is 76.5 Å². The first-order valence-corrected chi connectivity index (χ1v) is 13.0. The smallest absolute Gasteiger partial charge is 0.254 e. The van der Waals surface area contributed by atoms with Crippen LogP contribution in [0.25, 0.3) is 0 Å². The van der Waals surface area contributed by atoms with Crippen molar-refractivity contribution in [1.29, 1.82) is 0 Å². The lowest BCUT2D eigenvalue weighted by atomic mass is 9.82. The van der Waals surface area contributed by atoms with Gasteiger partial charge in [0.15, 0.2) is 0 Å². The summed E-state index contributed by atoms with van der Waals surface area (Å²) in [7, 11) is 0. The van der Waals surface area contributed by atoms with Crippen LogP contribution in [0.4, 0.5) is 0 Å². The maximum atomic E-state index is 12.9. The molecule has 0 saturated heterocycles. The summed E-state index contributed by atoms with van der Waals surface area (Å²) >= 11 is -1.13. The van der Waals surface area contributed by atoms with Crippen molar-refractivity contribution in [3.8, 4) is 0 Å². The zero-order valence-electron chi connectivity index (χ0n) is 18.8. The fourth-order valence-electron chi connectivity index (χ4n) is 5.20. The van der Waals surface area contributed by atoms with Crippen LogP contribution in [-0.2, 0) is 22.5 Å². The van der Waals surface area contributed by atoms with E-state index in [1.807, 2.05) is 17.6 Å². The van der Waals surface area contributed by atoms with Gasteiger partial charge in [-0.05, 0) is 69.9 Å². The molecule has 1 N–H and O–H groups in total. The molecular weight excluding hydrogens is 408 g/mol. The van der Waals surface area contributed by atoms with Crippen molar-refractivity contribution in [3.05, 3.63) is 69.1 Å². The zero-order valence-corrected chi connectivity index (χ0v) is 19.6. The van der Waals surface area contributed by atoms with Gasteiger partial charge in [0.05, 0.1) is 24.8 Å². The van der Waals surface area contributed by atoms with Crippen LogP contribution in [0.5, 0.6) is 0 Å². The molecule has 1 fully saturated rings. The van der Waals surface area contributed by atoms with Gasteiger partial charge in [0.2, 0.25) is 0 Å². The van der Waals surface area contributed by atoms with Gasteiger partial charge >= 0.3 is 0 Å². The van der Waals surface area contributed by atoms with E-state index in [4.69, 9.17) is 4.74 Å². The summed E-state index contributed by atoms with van der Waals surface area (Å²) in [5.41, 5.74) is 4.59. The van der Waals surface area contributed by atoms with Crippen LogP contribution in [0, 0.1) is 13.8 Å². The molecule has 0 radical (unpaired) electrons. The molecule has 1 aliphatic carbocycles. The van der Waals surface area contributed by atoms with Crippen LogP contribution in [-0.4, -0.2) is 34.1 Å². The maximum absolute atomic E-state index is 12.9. The Kier molecular flexibility index (Phi) is 7.22. The van der Waals surface area contributed by atoms with Crippen molar-refractivity contribution in [2.75, 3.05) is 12.9 Å². The lowest BCUT2D eigenvalue weighted by Crippen LogP contribution is -2.49. The Hall–Kier alpha value is -1.60. The minimum Gasteiger partial charge on any atom is -0.598 e. The third-order valence-electron chi connectivity index (χ3n) is 6.91. The summed E-state index contributed by atoms with van der Waals surface area (Å²) in [4.78, 5) is 12.9. The van der Waals surface area contributed by atoms with Crippen molar-refractivity contribution in [1.82, 2.24) is 9.29 Å². The van der Waals surface area contributed by atoms with E-state index in [1.54, 1.807) is 6.26 Å². The second-order valence-electron chi connectivity index (χ2n) is 9.19. The molecule has 2 heterocycles. The predicted molar refractivity (Wildman–Crippen MR) is 126 cm³/mol. The van der Waals surface area contributed by atoms with Gasteiger partial charge in [0.25, 0.3) is 5.56 Å². The van der Waals surface area contributed by atoms with Crippen LogP contribution in [0.2, 0.25) is 0 Å². The van der Waals surface area contributed by atoms with Gasteiger partial charge in [-0.1, -0.05) is 35.9 Å². The van der Waals surface area contributed by atoms with Crippen molar-refractivity contribution >= 4 is 11.4 Å². The van der Waals surface area contributed by atoms with Gasteiger partial charge in [0, 0.05) is 22.6 Å². The second-order valence-corrected chi connectivity index (χ2v) is 10.3. The quantitative estimate of drug-likeness (QED) is 0.688. The number of nitrogens with zero attached hydrogens (tertiary/aromatic N) is 1. The van der Waals surface area contributed by atoms with E-state index in [0.717, 1.165) is 49.8 Å². The Morgan fingerprint density at radius 1 is 1.13 bits per heavy atom. The number of hydrogen-bond donors (Lipinski definition) is 1. The second kappa shape index (κ2) is 9.90. The number of nitrogens with one attached hydrogen (secondary N) is 1. The molecule has 1 aromatic heterocycles. The predicted octanol–water partition coefficient (Wildman–Crippen LogP) is 3.95. The van der Waals surface area contributed by atoms with E-state index in [9.17, 15) is 9.35 Å². The first-order valence-electron chi connectivity index (χ1n) is 11.4. The van der Waals surface area contributed by atoms with Gasteiger partial charge in [0.1, 0.15) is 6.26 Å². The summed E-state index contributed by atoms with van der Waals surface area (Å²) < 4.78 is 23.4. The SMILES string of the molecule is Cc1cccc(C2CCC(OCC3C(N[S+](C)[O-])CCc4ccc(C)c(=O)n43)CC2)c1. The monoisotopic (exact) mass is 442 g/mol. The molecule has 0 amide bonds. The van der Waals surface area contributed by atoms with E-state index >= 15 is 0 Å². The summed E-state index contributed by atoms with van der Waals surface area (Å²) in [6.45, 7) is 4.48. The highest BCUT2D eigenvalue weighted by Gasteiger charge is 2.34. The number of fused-ring (bicyclic) bond motifs is 1. The number of rotatable bonds is 6. The molecule has 5 nitrogen and oxygen atoms in total. The van der Waals surface area contributed by atoms with Crippen LogP contribution in [0.1, 0.15) is 66.4 Å². The fraction of sp³-hybridized carbons (Fsp3) is 0.560. The number of aryl methyl sites for hydroxylation is 3. The lowest BCUT2D eigenvalue weighted by Gasteiger charge is -2.36. The normalized spacial score (nSPS) is 27.0. The Morgan fingerprint density at radius 2 is 1.90 bits per heavy atom. The Morgan fingerprint density at radius 3 is 2.61 bits per heavy atom. The van der Waals surface area contributed by atoms with Crippen molar-refractivity contribution in [2.24, 2.45) is 0 Å². The minimum absolute atomic E-state index is 0.0264. The van der Waals surface area contributed by atoms with Crippen molar-refractivity contribution in [3.63, 3.8) is 0 Å². The Bertz CT molecular complexity index is 950. The lowest BCUT2D eigenvalue weighted by molar-refractivity contribution is -0.00168. The average Bonchev–Trinajstić information content (AvgIpc) is 2.75. The van der Waals surface area contributed by atoms with Gasteiger partial charge < -0.3 is 13.9 Å². The number of hydrogen-bond acceptors (Lipinski definition) is 4. The summed E-state index contributed by atoms with van der Waals surface area (Å²) in [6.07, 6.45) is 7.89. The number of benzene rings is 1. The van der Waals surface area contributed by atoms with Crippen LogP contribution in [0.15, 0.2) is 41.2 Å². The third kappa shape index (κ3) is 5.25. The molecule has 1 saturated carbocycles. The molecule has 3 atom stereocenters. The van der Waals surface area contributed by atoms with Crippen LogP contribution in [0.3, 0.4) is 0 Å². The molecule has 6 heteroatoms. The highest BCUT2D eigenvalue weighted by atomic mass is 32.2. The average molecular weight is 443 g/mol. The van der Waals surface area contributed by atoms with Crippen LogP contribution >= 0.6 is 0 Å². The molecule has 1 aromatic carbocycles. The molecule has 3 unspecified atom stereocenters. The number of aromatic nitrogens is 1. The molecule has 2 aliphatic rings. The van der Waals surface area contributed by atoms with E-state index in [-0.39, 0.29) is 23.7 Å². The molecule has 4 rings (SSSR count). The Balaban J connectivity index is 1.43. The third-order valence-corrected chi connectivity index (χ3v) is 7.54. The number of pyridine rings is 1. The first kappa shape index (κ1) is 22.6. The van der Waals surface area contributed by atoms with Gasteiger partial charge in [-0.3, -0.25) is 4.79 Å². The standard InChI is InChI=1S/C25H34N2O3S/c1-17-5-4-6-20(15-17)19-8-12-22(13-9-19)30-16-24-23(26-31(3)29)14-11-21-10-7-18(2)25(28)27(21)24/h4-7,10,15,19,22-24,26H,8-9,11-14,16H2,1-3H3. The van der Waals surface area contributed by atoms with Gasteiger partial charge in [-0.15, -0.1) is 4.72 Å². The maximum Gasteiger partial charge on any atom is 0.254 e. The van der Waals surface area contributed by atoms with Gasteiger partial charge in [-0.2, -0.15) is 0 Å². The largest absolute Gasteiger partial charge is 0.598 e. The highest BCUT2D eigenvalue weighted by Crippen LogP contribution is 2.35. The Labute approximate surface area is 188 Å². The summed E-state index contributed by atoms with van der Waals surface area (Å²) in [6, 6.07) is 12.7. The minimum atomic E-state index is -1.13. The van der Waals surface area contributed by atoms with E-state index in [1.165, 1.54) is 11.1 Å². The van der Waals surface area contributed by atoms with E-state index in [2.05, 4.69) is 42.0 Å². The molecule has 2 aromatic rings. The number of ether oxygens (including phenoxy) is 1. The first-order chi connectivity index (χ1) is 14.9. The molecule has 168 valence electrons. The van der Waals surface area contributed by atoms with Gasteiger partial charge in [-0.25, -0.2) is 0 Å². The zero-order chi connectivity index (χ0) is 22.0. The molecule has 1 aliphatic heterocycles. The summed E-state index contributed by atoms with van der Waals surface area (Å²) in [5.74, 6) is 0.609. The molecule has 0 bridgehead atoms. The van der Waals surface area contributed by atoms with E-state index < -0.39 is 11.4 Å².